The van der Waals surface area contributed by atoms with Crippen LogP contribution in [0.25, 0.3) is 6.08 Å². The highest BCUT2D eigenvalue weighted by Crippen LogP contribution is 2.36. The Bertz CT molecular complexity index is 1090. The lowest BCUT2D eigenvalue weighted by molar-refractivity contribution is -0.122. The molecule has 1 fully saturated rings. The number of hydrogen-bond acceptors (Lipinski definition) is 7. The summed E-state index contributed by atoms with van der Waals surface area (Å²) in [6.45, 7) is 0.171. The van der Waals surface area contributed by atoms with Gasteiger partial charge in [-0.3, -0.25) is 19.3 Å². The molecule has 0 saturated carbocycles. The molecule has 2 aliphatic rings. The van der Waals surface area contributed by atoms with E-state index in [1.54, 1.807) is 24.3 Å². The van der Waals surface area contributed by atoms with Gasteiger partial charge >= 0.3 is 0 Å². The van der Waals surface area contributed by atoms with Gasteiger partial charge in [0.15, 0.2) is 11.5 Å². The number of amides is 3. The third-order valence-electron chi connectivity index (χ3n) is 4.39. The van der Waals surface area contributed by atoms with Gasteiger partial charge in [0, 0.05) is 18.1 Å². The highest BCUT2D eigenvalue weighted by atomic mass is 35.5. The highest BCUT2D eigenvalue weighted by molar-refractivity contribution is 8.18. The summed E-state index contributed by atoms with van der Waals surface area (Å²) in [6.07, 6.45) is 1.61. The van der Waals surface area contributed by atoms with E-state index >= 15 is 0 Å². The zero-order valence-corrected chi connectivity index (χ0v) is 17.0. The van der Waals surface area contributed by atoms with E-state index in [-0.39, 0.29) is 36.1 Å². The van der Waals surface area contributed by atoms with Crippen molar-refractivity contribution in [2.75, 3.05) is 19.9 Å². The quantitative estimate of drug-likeness (QED) is 0.679. The Morgan fingerprint density at radius 1 is 1.20 bits per heavy atom. The fourth-order valence-electron chi connectivity index (χ4n) is 2.91. The van der Waals surface area contributed by atoms with Crippen LogP contribution < -0.4 is 14.8 Å². The summed E-state index contributed by atoms with van der Waals surface area (Å²) in [6, 6.07) is 9.34. The number of carbonyl (C=O) groups excluding carboxylic acids is 3. The summed E-state index contributed by atoms with van der Waals surface area (Å²) in [5.41, 5.74) is 0.717. The molecule has 0 unspecified atom stereocenters. The second-order valence-electron chi connectivity index (χ2n) is 6.36. The van der Waals surface area contributed by atoms with Gasteiger partial charge in [0.25, 0.3) is 17.1 Å². The number of rotatable bonds is 5. The first-order valence-electron chi connectivity index (χ1n) is 8.84. The summed E-state index contributed by atoms with van der Waals surface area (Å²) >= 11 is 6.66. The third-order valence-corrected chi connectivity index (χ3v) is 5.53. The summed E-state index contributed by atoms with van der Waals surface area (Å²) in [7, 11) is 0. The van der Waals surface area contributed by atoms with Gasteiger partial charge in [0.05, 0.1) is 10.5 Å². The van der Waals surface area contributed by atoms with Crippen LogP contribution in [0.5, 0.6) is 17.2 Å². The Hall–Kier alpha value is -3.17. The predicted molar refractivity (Wildman–Crippen MR) is 111 cm³/mol. The number of phenols is 1. The maximum Gasteiger partial charge on any atom is 0.293 e. The molecule has 2 aliphatic heterocycles. The minimum atomic E-state index is -0.558. The van der Waals surface area contributed by atoms with Crippen LogP contribution in [0.2, 0.25) is 5.02 Å². The van der Waals surface area contributed by atoms with Crippen LogP contribution >= 0.6 is 23.4 Å². The number of nitrogens with one attached hydrogen (secondary N) is 1. The molecule has 0 aliphatic carbocycles. The molecular weight excluding hydrogens is 432 g/mol. The van der Waals surface area contributed by atoms with Crippen molar-refractivity contribution in [1.82, 2.24) is 10.2 Å². The van der Waals surface area contributed by atoms with Crippen LogP contribution in [-0.2, 0) is 4.79 Å². The lowest BCUT2D eigenvalue weighted by Crippen LogP contribution is -2.37. The molecule has 0 bridgehead atoms. The average molecular weight is 447 g/mol. The first kappa shape index (κ1) is 20.1. The first-order valence-corrected chi connectivity index (χ1v) is 10.0. The van der Waals surface area contributed by atoms with E-state index in [1.165, 1.54) is 18.2 Å². The molecule has 0 atom stereocenters. The number of hydrogen-bond donors (Lipinski definition) is 2. The van der Waals surface area contributed by atoms with E-state index in [0.29, 0.717) is 22.1 Å². The number of imide groups is 1. The summed E-state index contributed by atoms with van der Waals surface area (Å²) in [5, 5.41) is 12.2. The van der Waals surface area contributed by atoms with Gasteiger partial charge in [-0.25, -0.2) is 0 Å². The Labute approximate surface area is 180 Å². The fraction of sp³-hybridized carbons (Fsp3) is 0.150. The van der Waals surface area contributed by atoms with Crippen LogP contribution in [0.1, 0.15) is 15.9 Å². The normalized spacial score (nSPS) is 16.4. The number of benzene rings is 2. The van der Waals surface area contributed by atoms with Crippen molar-refractivity contribution in [3.05, 3.63) is 57.5 Å². The number of halogens is 1. The summed E-state index contributed by atoms with van der Waals surface area (Å²) in [5.74, 6) is -0.00758. The number of fused-ring (bicyclic) bond motifs is 1. The van der Waals surface area contributed by atoms with Crippen LogP contribution in [0.3, 0.4) is 0 Å². The van der Waals surface area contributed by atoms with Crippen LogP contribution in [0, 0.1) is 0 Å². The van der Waals surface area contributed by atoms with Crippen molar-refractivity contribution >= 4 is 46.5 Å². The Morgan fingerprint density at radius 2 is 2.00 bits per heavy atom. The van der Waals surface area contributed by atoms with Crippen LogP contribution in [0.15, 0.2) is 41.3 Å². The SMILES string of the molecule is O=C(NCCN1C(=O)S/C(=C\c2ccc3c(c2)OCO3)C1=O)c1cc(Cl)ccc1O. The van der Waals surface area contributed by atoms with E-state index in [4.69, 9.17) is 21.1 Å². The average Bonchev–Trinajstić information content (AvgIpc) is 3.29. The van der Waals surface area contributed by atoms with Gasteiger partial charge in [0.2, 0.25) is 6.79 Å². The van der Waals surface area contributed by atoms with Crippen molar-refractivity contribution in [3.8, 4) is 17.2 Å². The van der Waals surface area contributed by atoms with Crippen molar-refractivity contribution in [3.63, 3.8) is 0 Å². The fourth-order valence-corrected chi connectivity index (χ4v) is 3.95. The van der Waals surface area contributed by atoms with Gasteiger partial charge < -0.3 is 19.9 Å². The van der Waals surface area contributed by atoms with E-state index in [0.717, 1.165) is 16.7 Å². The molecule has 2 aromatic carbocycles. The molecule has 4 rings (SSSR count). The number of ether oxygens (including phenoxy) is 2. The molecule has 30 heavy (non-hydrogen) atoms. The van der Waals surface area contributed by atoms with E-state index in [1.807, 2.05) is 0 Å². The second-order valence-corrected chi connectivity index (χ2v) is 7.79. The standard InChI is InChI=1S/C20H15ClN2O6S/c21-12-2-3-14(24)13(9-12)18(25)22-5-6-23-19(26)17(30-20(23)27)8-11-1-4-15-16(7-11)29-10-28-15/h1-4,7-9,24H,5-6,10H2,(H,22,25)/b17-8-. The van der Waals surface area contributed by atoms with Crippen molar-refractivity contribution in [2.24, 2.45) is 0 Å². The molecule has 2 N–H and O–H groups in total. The monoisotopic (exact) mass is 446 g/mol. The maximum absolute atomic E-state index is 12.6. The number of carbonyl (C=O) groups is 3. The lowest BCUT2D eigenvalue weighted by atomic mass is 10.2. The van der Waals surface area contributed by atoms with Gasteiger partial charge in [-0.05, 0) is 53.7 Å². The van der Waals surface area contributed by atoms with Crippen molar-refractivity contribution in [1.29, 1.82) is 0 Å². The molecule has 0 spiro atoms. The highest BCUT2D eigenvalue weighted by Gasteiger charge is 2.34. The number of aromatic hydroxyl groups is 1. The molecule has 2 heterocycles. The topological polar surface area (TPSA) is 105 Å². The number of thioether (sulfide) groups is 1. The van der Waals surface area contributed by atoms with Gasteiger partial charge in [0.1, 0.15) is 5.75 Å². The molecule has 10 heteroatoms. The zero-order chi connectivity index (χ0) is 21.3. The molecular formula is C20H15ClN2O6S. The minimum Gasteiger partial charge on any atom is -0.507 e. The Kier molecular flexibility index (Phi) is 5.56. The summed E-state index contributed by atoms with van der Waals surface area (Å²) in [4.78, 5) is 38.3. The van der Waals surface area contributed by atoms with Gasteiger partial charge in [-0.1, -0.05) is 17.7 Å². The second kappa shape index (κ2) is 8.29. The van der Waals surface area contributed by atoms with Gasteiger partial charge in [-0.2, -0.15) is 0 Å². The smallest absolute Gasteiger partial charge is 0.293 e. The van der Waals surface area contributed by atoms with Gasteiger partial charge in [-0.15, -0.1) is 0 Å². The number of nitrogens with zero attached hydrogens (tertiary/aromatic N) is 1. The van der Waals surface area contributed by atoms with Crippen LogP contribution in [0.4, 0.5) is 4.79 Å². The molecule has 1 saturated heterocycles. The zero-order valence-electron chi connectivity index (χ0n) is 15.4. The lowest BCUT2D eigenvalue weighted by Gasteiger charge is -2.13. The van der Waals surface area contributed by atoms with Crippen molar-refractivity contribution in [2.45, 2.75) is 0 Å². The van der Waals surface area contributed by atoms with E-state index in [9.17, 15) is 19.5 Å². The van der Waals surface area contributed by atoms with E-state index in [2.05, 4.69) is 5.32 Å². The number of phenolic OH excluding ortho intramolecular Hbond substituents is 1. The van der Waals surface area contributed by atoms with E-state index < -0.39 is 17.1 Å². The first-order chi connectivity index (χ1) is 14.4. The third kappa shape index (κ3) is 4.07. The molecule has 3 amide bonds. The molecule has 8 nitrogen and oxygen atoms in total. The molecule has 154 valence electrons. The Balaban J connectivity index is 1.38. The van der Waals surface area contributed by atoms with Crippen molar-refractivity contribution < 1.29 is 29.0 Å². The molecule has 2 aromatic rings. The molecule has 0 radical (unpaired) electrons. The molecule has 0 aromatic heterocycles. The Morgan fingerprint density at radius 3 is 2.83 bits per heavy atom. The predicted octanol–water partition coefficient (Wildman–Crippen LogP) is 3.24. The van der Waals surface area contributed by atoms with Crippen LogP contribution in [-0.4, -0.2) is 46.9 Å². The largest absolute Gasteiger partial charge is 0.507 e. The minimum absolute atomic E-state index is 0.00376. The summed E-state index contributed by atoms with van der Waals surface area (Å²) < 4.78 is 10.6. The maximum atomic E-state index is 12.6.